The van der Waals surface area contributed by atoms with Crippen LogP contribution in [0.5, 0.6) is 0 Å². The van der Waals surface area contributed by atoms with Gasteiger partial charge in [0.2, 0.25) is 0 Å². The van der Waals surface area contributed by atoms with E-state index in [-0.39, 0.29) is 13.2 Å². The van der Waals surface area contributed by atoms with Gasteiger partial charge in [0, 0.05) is 6.20 Å². The van der Waals surface area contributed by atoms with E-state index in [9.17, 15) is 9.90 Å². The van der Waals surface area contributed by atoms with Gasteiger partial charge < -0.3 is 9.84 Å². The van der Waals surface area contributed by atoms with Crippen molar-refractivity contribution in [1.82, 2.24) is 14.6 Å². The zero-order chi connectivity index (χ0) is 11.2. The second kappa shape index (κ2) is 3.02. The number of fused-ring (bicyclic) bond motifs is 1. The second-order valence-electron chi connectivity index (χ2n) is 3.82. The molecule has 0 aromatic carbocycles. The third kappa shape index (κ3) is 1.07. The van der Waals surface area contributed by atoms with Crippen LogP contribution in [0.4, 0.5) is 0 Å². The SMILES string of the molecule is O=C(O)C1(c2nc3ccccn3n2)COC1. The van der Waals surface area contributed by atoms with E-state index in [1.807, 2.05) is 12.1 Å². The molecular weight excluding hydrogens is 210 g/mol. The van der Waals surface area contributed by atoms with Gasteiger partial charge in [0.05, 0.1) is 13.2 Å². The smallest absolute Gasteiger partial charge is 0.322 e. The zero-order valence-electron chi connectivity index (χ0n) is 8.33. The highest BCUT2D eigenvalue weighted by Crippen LogP contribution is 2.30. The van der Waals surface area contributed by atoms with E-state index in [0.717, 1.165) is 0 Å². The van der Waals surface area contributed by atoms with Crippen LogP contribution in [0.1, 0.15) is 5.82 Å². The zero-order valence-corrected chi connectivity index (χ0v) is 8.33. The Morgan fingerprint density at radius 2 is 2.31 bits per heavy atom. The van der Waals surface area contributed by atoms with E-state index in [4.69, 9.17) is 4.74 Å². The van der Waals surface area contributed by atoms with Crippen molar-refractivity contribution in [2.75, 3.05) is 13.2 Å². The van der Waals surface area contributed by atoms with Crippen LogP contribution in [-0.4, -0.2) is 38.9 Å². The number of pyridine rings is 1. The number of carboxylic acids is 1. The molecule has 0 radical (unpaired) electrons. The molecular formula is C10H9N3O3. The number of hydrogen-bond donors (Lipinski definition) is 1. The highest BCUT2D eigenvalue weighted by Gasteiger charge is 2.51. The molecule has 1 aliphatic rings. The Kier molecular flexibility index (Phi) is 1.75. The number of rotatable bonds is 2. The Balaban J connectivity index is 2.15. The number of ether oxygens (including phenoxy) is 1. The van der Waals surface area contributed by atoms with Crippen molar-refractivity contribution in [3.05, 3.63) is 30.2 Å². The second-order valence-corrected chi connectivity index (χ2v) is 3.82. The third-order valence-corrected chi connectivity index (χ3v) is 2.78. The molecule has 16 heavy (non-hydrogen) atoms. The van der Waals surface area contributed by atoms with E-state index in [1.54, 1.807) is 16.8 Å². The maximum absolute atomic E-state index is 11.2. The number of nitrogens with zero attached hydrogens (tertiary/aromatic N) is 3. The van der Waals surface area contributed by atoms with Crippen molar-refractivity contribution in [2.45, 2.75) is 5.41 Å². The van der Waals surface area contributed by atoms with Crippen molar-refractivity contribution < 1.29 is 14.6 Å². The van der Waals surface area contributed by atoms with E-state index in [0.29, 0.717) is 11.5 Å². The van der Waals surface area contributed by atoms with Crippen molar-refractivity contribution in [1.29, 1.82) is 0 Å². The summed E-state index contributed by atoms with van der Waals surface area (Å²) in [4.78, 5) is 15.4. The summed E-state index contributed by atoms with van der Waals surface area (Å²) in [5, 5.41) is 13.4. The lowest BCUT2D eigenvalue weighted by molar-refractivity contribution is -0.164. The van der Waals surface area contributed by atoms with Crippen LogP contribution < -0.4 is 0 Å². The van der Waals surface area contributed by atoms with Gasteiger partial charge in [-0.2, -0.15) is 0 Å². The van der Waals surface area contributed by atoms with Gasteiger partial charge in [0.25, 0.3) is 0 Å². The van der Waals surface area contributed by atoms with Crippen LogP contribution in [0, 0.1) is 0 Å². The lowest BCUT2D eigenvalue weighted by atomic mass is 9.85. The normalized spacial score (nSPS) is 18.2. The molecule has 2 aromatic rings. The molecule has 6 nitrogen and oxygen atoms in total. The largest absolute Gasteiger partial charge is 0.480 e. The fraction of sp³-hybridized carbons (Fsp3) is 0.300. The van der Waals surface area contributed by atoms with Crippen LogP contribution in [0.2, 0.25) is 0 Å². The molecule has 3 heterocycles. The maximum atomic E-state index is 11.2. The molecule has 0 amide bonds. The number of carboxylic acid groups (broad SMARTS) is 1. The lowest BCUT2D eigenvalue weighted by Gasteiger charge is -2.34. The molecule has 1 aliphatic heterocycles. The molecule has 0 aliphatic carbocycles. The average Bonchev–Trinajstić information content (AvgIpc) is 2.58. The molecule has 2 aromatic heterocycles. The van der Waals surface area contributed by atoms with Crippen LogP contribution in [0.15, 0.2) is 24.4 Å². The van der Waals surface area contributed by atoms with Crippen LogP contribution in [-0.2, 0) is 14.9 Å². The molecule has 82 valence electrons. The molecule has 1 saturated heterocycles. The van der Waals surface area contributed by atoms with E-state index in [1.165, 1.54) is 0 Å². The third-order valence-electron chi connectivity index (χ3n) is 2.78. The fourth-order valence-electron chi connectivity index (χ4n) is 1.69. The number of aliphatic carboxylic acids is 1. The summed E-state index contributed by atoms with van der Waals surface area (Å²) in [7, 11) is 0. The van der Waals surface area contributed by atoms with Gasteiger partial charge in [-0.25, -0.2) is 9.50 Å². The molecule has 1 N–H and O–H groups in total. The maximum Gasteiger partial charge on any atom is 0.322 e. The van der Waals surface area contributed by atoms with Crippen molar-refractivity contribution in [2.24, 2.45) is 0 Å². The van der Waals surface area contributed by atoms with Gasteiger partial charge in [-0.05, 0) is 12.1 Å². The first-order valence-electron chi connectivity index (χ1n) is 4.85. The van der Waals surface area contributed by atoms with Gasteiger partial charge in [-0.1, -0.05) is 6.07 Å². The minimum absolute atomic E-state index is 0.138. The van der Waals surface area contributed by atoms with Gasteiger partial charge in [-0.3, -0.25) is 4.79 Å². The lowest BCUT2D eigenvalue weighted by Crippen LogP contribution is -2.53. The minimum atomic E-state index is -1.06. The predicted octanol–water partition coefficient (Wildman–Crippen LogP) is 0.0819. The summed E-state index contributed by atoms with van der Waals surface area (Å²) >= 11 is 0. The summed E-state index contributed by atoms with van der Waals surface area (Å²) in [6.45, 7) is 0.276. The highest BCUT2D eigenvalue weighted by atomic mass is 16.5. The molecule has 1 fully saturated rings. The van der Waals surface area contributed by atoms with Crippen molar-refractivity contribution >= 4 is 11.6 Å². The topological polar surface area (TPSA) is 76.7 Å². The summed E-state index contributed by atoms with van der Waals surface area (Å²) in [6.07, 6.45) is 1.74. The average molecular weight is 219 g/mol. The van der Waals surface area contributed by atoms with E-state index in [2.05, 4.69) is 10.1 Å². The molecule has 0 saturated carbocycles. The van der Waals surface area contributed by atoms with Gasteiger partial charge in [0.15, 0.2) is 16.9 Å². The minimum Gasteiger partial charge on any atom is -0.480 e. The molecule has 0 atom stereocenters. The first kappa shape index (κ1) is 9.29. The monoisotopic (exact) mass is 219 g/mol. The van der Waals surface area contributed by atoms with Crippen molar-refractivity contribution in [3.63, 3.8) is 0 Å². The van der Waals surface area contributed by atoms with Crippen LogP contribution in [0.3, 0.4) is 0 Å². The molecule has 3 rings (SSSR count). The van der Waals surface area contributed by atoms with Gasteiger partial charge >= 0.3 is 5.97 Å². The van der Waals surface area contributed by atoms with Gasteiger partial charge in [0.1, 0.15) is 0 Å². The van der Waals surface area contributed by atoms with E-state index < -0.39 is 11.4 Å². The number of aromatic nitrogens is 3. The highest BCUT2D eigenvalue weighted by molar-refractivity contribution is 5.81. The van der Waals surface area contributed by atoms with E-state index >= 15 is 0 Å². The number of hydrogen-bond acceptors (Lipinski definition) is 4. The quantitative estimate of drug-likeness (QED) is 0.774. The number of carbonyl (C=O) groups is 1. The summed E-state index contributed by atoms with van der Waals surface area (Å²) in [6, 6.07) is 5.43. The Morgan fingerprint density at radius 3 is 2.88 bits per heavy atom. The van der Waals surface area contributed by atoms with Crippen LogP contribution >= 0.6 is 0 Å². The molecule has 6 heteroatoms. The Morgan fingerprint density at radius 1 is 1.50 bits per heavy atom. The van der Waals surface area contributed by atoms with Crippen molar-refractivity contribution in [3.8, 4) is 0 Å². The Labute approximate surface area is 90.5 Å². The molecule has 0 spiro atoms. The first-order valence-corrected chi connectivity index (χ1v) is 4.85. The molecule has 0 bridgehead atoms. The standard InChI is InChI=1S/C10H9N3O3/c14-9(15)10(5-16-6-10)8-11-7-3-1-2-4-13(7)12-8/h1-4H,5-6H2,(H,14,15). The summed E-state index contributed by atoms with van der Waals surface area (Å²) in [5.41, 5.74) is -0.420. The van der Waals surface area contributed by atoms with Gasteiger partial charge in [-0.15, -0.1) is 5.10 Å². The van der Waals surface area contributed by atoms with Crippen LogP contribution in [0.25, 0.3) is 5.65 Å². The first-order chi connectivity index (χ1) is 7.72. The Hall–Kier alpha value is -1.95. The summed E-state index contributed by atoms with van der Waals surface area (Å²) < 4.78 is 6.55. The molecule has 0 unspecified atom stereocenters. The fourth-order valence-corrected chi connectivity index (χ4v) is 1.69. The Bertz CT molecular complexity index is 526. The predicted molar refractivity (Wildman–Crippen MR) is 53.1 cm³/mol. The summed E-state index contributed by atoms with van der Waals surface area (Å²) in [5.74, 6) is -0.618.